The molecule has 0 unspecified atom stereocenters. The van der Waals surface area contributed by atoms with Crippen LogP contribution in [0.25, 0.3) is 0 Å². The number of carboxylic acid groups (broad SMARTS) is 1. The minimum atomic E-state index is -4.86. The summed E-state index contributed by atoms with van der Waals surface area (Å²) in [7, 11) is 0. The van der Waals surface area contributed by atoms with E-state index in [0.717, 1.165) is 0 Å². The third-order valence-electron chi connectivity index (χ3n) is 2.65. The third kappa shape index (κ3) is 4.49. The second-order valence-electron chi connectivity index (χ2n) is 3.97. The Morgan fingerprint density at radius 2 is 1.41 bits per heavy atom. The number of amides is 2. The van der Waals surface area contributed by atoms with Gasteiger partial charge in [0.25, 0.3) is 0 Å². The zero-order valence-electron chi connectivity index (χ0n) is 8.88. The van der Waals surface area contributed by atoms with Crippen LogP contribution in [0.3, 0.4) is 0 Å². The predicted octanol–water partition coefficient (Wildman–Crippen LogP) is 1.24. The Morgan fingerprint density at radius 3 is 1.76 bits per heavy atom. The van der Waals surface area contributed by atoms with Crippen LogP contribution in [0.5, 0.6) is 0 Å². The summed E-state index contributed by atoms with van der Waals surface area (Å²) in [4.78, 5) is 21.0. The summed E-state index contributed by atoms with van der Waals surface area (Å²) in [5.74, 6) is -1.94. The van der Waals surface area contributed by atoms with Crippen LogP contribution < -0.4 is 10.6 Å². The van der Waals surface area contributed by atoms with Crippen molar-refractivity contribution in [3.63, 3.8) is 0 Å². The first-order valence-corrected chi connectivity index (χ1v) is 5.16. The molecule has 0 heterocycles. The van der Waals surface area contributed by atoms with Crippen molar-refractivity contribution in [2.24, 2.45) is 0 Å². The van der Waals surface area contributed by atoms with Crippen molar-refractivity contribution in [2.45, 2.75) is 43.9 Å². The molecular formula is C9H13F3N2O3. The van der Waals surface area contributed by atoms with E-state index in [1.807, 2.05) is 5.32 Å². The molecule has 1 aliphatic carbocycles. The molecule has 17 heavy (non-hydrogen) atoms. The van der Waals surface area contributed by atoms with Gasteiger partial charge in [0.1, 0.15) is 0 Å². The maximum Gasteiger partial charge on any atom is 0.471 e. The summed E-state index contributed by atoms with van der Waals surface area (Å²) in [6.45, 7) is 0. The van der Waals surface area contributed by atoms with E-state index >= 15 is 0 Å². The highest BCUT2D eigenvalue weighted by Crippen LogP contribution is 2.21. The molecule has 0 aromatic heterocycles. The van der Waals surface area contributed by atoms with Gasteiger partial charge in [0, 0.05) is 12.1 Å². The molecule has 0 aliphatic heterocycles. The van der Waals surface area contributed by atoms with E-state index in [4.69, 9.17) is 5.11 Å². The molecule has 0 aromatic rings. The van der Waals surface area contributed by atoms with E-state index in [0.29, 0.717) is 25.7 Å². The van der Waals surface area contributed by atoms with Gasteiger partial charge in [-0.3, -0.25) is 4.79 Å². The van der Waals surface area contributed by atoms with Crippen LogP contribution >= 0.6 is 0 Å². The fraction of sp³-hybridized carbons (Fsp3) is 0.778. The monoisotopic (exact) mass is 254 g/mol. The summed E-state index contributed by atoms with van der Waals surface area (Å²) in [5, 5.41) is 12.6. The Morgan fingerprint density at radius 1 is 1.00 bits per heavy atom. The zero-order valence-corrected chi connectivity index (χ0v) is 8.88. The maximum atomic E-state index is 12.0. The molecule has 0 saturated heterocycles. The summed E-state index contributed by atoms with van der Waals surface area (Å²) < 4.78 is 35.9. The van der Waals surface area contributed by atoms with E-state index in [-0.39, 0.29) is 6.04 Å². The lowest BCUT2D eigenvalue weighted by atomic mass is 9.91. The van der Waals surface area contributed by atoms with Gasteiger partial charge in [-0.2, -0.15) is 13.2 Å². The van der Waals surface area contributed by atoms with Gasteiger partial charge in [0.15, 0.2) is 0 Å². The minimum Gasteiger partial charge on any atom is -0.465 e. The molecule has 1 fully saturated rings. The van der Waals surface area contributed by atoms with Crippen molar-refractivity contribution in [3.05, 3.63) is 0 Å². The molecule has 8 heteroatoms. The van der Waals surface area contributed by atoms with Crippen molar-refractivity contribution in [1.82, 2.24) is 10.6 Å². The van der Waals surface area contributed by atoms with Crippen LogP contribution in [-0.4, -0.2) is 35.4 Å². The number of alkyl halides is 3. The summed E-state index contributed by atoms with van der Waals surface area (Å²) in [6.07, 6.45) is -4.48. The number of hydrogen-bond acceptors (Lipinski definition) is 2. The molecule has 0 spiro atoms. The van der Waals surface area contributed by atoms with Crippen LogP contribution in [0.2, 0.25) is 0 Å². The second-order valence-corrected chi connectivity index (χ2v) is 3.97. The fourth-order valence-electron chi connectivity index (χ4n) is 1.82. The average molecular weight is 254 g/mol. The SMILES string of the molecule is O=C(O)N[C@H]1CC[C@@H](NC(=O)C(F)(F)F)CC1. The first-order chi connectivity index (χ1) is 7.79. The highest BCUT2D eigenvalue weighted by Gasteiger charge is 2.40. The van der Waals surface area contributed by atoms with Crippen LogP contribution in [-0.2, 0) is 4.79 Å². The van der Waals surface area contributed by atoms with Crippen LogP contribution in [0.1, 0.15) is 25.7 Å². The molecule has 1 rings (SSSR count). The molecule has 0 radical (unpaired) electrons. The molecule has 0 bridgehead atoms. The Bertz CT molecular complexity index is 298. The van der Waals surface area contributed by atoms with E-state index in [1.54, 1.807) is 0 Å². The highest BCUT2D eigenvalue weighted by molar-refractivity contribution is 5.81. The lowest BCUT2D eigenvalue weighted by Gasteiger charge is -2.29. The lowest BCUT2D eigenvalue weighted by molar-refractivity contribution is -0.174. The topological polar surface area (TPSA) is 78.4 Å². The van der Waals surface area contributed by atoms with Crippen molar-refractivity contribution < 1.29 is 27.9 Å². The molecule has 1 aliphatic rings. The molecule has 1 saturated carbocycles. The molecule has 98 valence electrons. The third-order valence-corrected chi connectivity index (χ3v) is 2.65. The number of rotatable bonds is 2. The van der Waals surface area contributed by atoms with Crippen LogP contribution in [0.4, 0.5) is 18.0 Å². The number of hydrogen-bond donors (Lipinski definition) is 3. The number of halogens is 3. The van der Waals surface area contributed by atoms with Gasteiger partial charge in [-0.1, -0.05) is 0 Å². The van der Waals surface area contributed by atoms with Crippen LogP contribution in [0.15, 0.2) is 0 Å². The highest BCUT2D eigenvalue weighted by atomic mass is 19.4. The van der Waals surface area contributed by atoms with Gasteiger partial charge >= 0.3 is 18.2 Å². The fourth-order valence-corrected chi connectivity index (χ4v) is 1.82. The average Bonchev–Trinajstić information content (AvgIpc) is 2.18. The second kappa shape index (κ2) is 5.24. The van der Waals surface area contributed by atoms with Gasteiger partial charge in [-0.25, -0.2) is 4.79 Å². The minimum absolute atomic E-state index is 0.244. The molecule has 0 aromatic carbocycles. The molecule has 5 nitrogen and oxygen atoms in total. The first kappa shape index (κ1) is 13.6. The van der Waals surface area contributed by atoms with Gasteiger partial charge in [0.05, 0.1) is 0 Å². The molecule has 3 N–H and O–H groups in total. The van der Waals surface area contributed by atoms with E-state index < -0.39 is 24.2 Å². The van der Waals surface area contributed by atoms with Gasteiger partial charge in [-0.05, 0) is 25.7 Å². The number of carbonyl (C=O) groups is 2. The van der Waals surface area contributed by atoms with E-state index in [1.165, 1.54) is 0 Å². The van der Waals surface area contributed by atoms with Crippen molar-refractivity contribution in [3.8, 4) is 0 Å². The van der Waals surface area contributed by atoms with Gasteiger partial charge < -0.3 is 15.7 Å². The Balaban J connectivity index is 2.33. The van der Waals surface area contributed by atoms with Gasteiger partial charge in [-0.15, -0.1) is 0 Å². The zero-order chi connectivity index (χ0) is 13.1. The summed E-state index contributed by atoms with van der Waals surface area (Å²) in [6, 6.07) is -0.775. The van der Waals surface area contributed by atoms with E-state index in [9.17, 15) is 22.8 Å². The van der Waals surface area contributed by atoms with Crippen molar-refractivity contribution >= 4 is 12.0 Å². The van der Waals surface area contributed by atoms with Gasteiger partial charge in [0.2, 0.25) is 0 Å². The molecule has 2 amide bonds. The summed E-state index contributed by atoms with van der Waals surface area (Å²) in [5.41, 5.74) is 0. The Hall–Kier alpha value is -1.47. The molecular weight excluding hydrogens is 241 g/mol. The maximum absolute atomic E-state index is 12.0. The summed E-state index contributed by atoms with van der Waals surface area (Å²) >= 11 is 0. The molecule has 0 atom stereocenters. The standard InChI is InChI=1S/C9H13F3N2O3/c10-9(11,12)7(15)13-5-1-3-6(4-2-5)14-8(16)17/h5-6,14H,1-4H2,(H,13,15)(H,16,17)/t5-,6+. The smallest absolute Gasteiger partial charge is 0.465 e. The van der Waals surface area contributed by atoms with Crippen molar-refractivity contribution in [1.29, 1.82) is 0 Å². The normalized spacial score (nSPS) is 25.1. The Kier molecular flexibility index (Phi) is 4.19. The predicted molar refractivity (Wildman–Crippen MR) is 51.4 cm³/mol. The Labute approximate surface area is 95.4 Å². The van der Waals surface area contributed by atoms with E-state index in [2.05, 4.69) is 5.32 Å². The lowest BCUT2D eigenvalue weighted by Crippen LogP contribution is -2.47. The number of carbonyl (C=O) groups excluding carboxylic acids is 1. The van der Waals surface area contributed by atoms with Crippen molar-refractivity contribution in [2.75, 3.05) is 0 Å². The number of nitrogens with one attached hydrogen (secondary N) is 2. The van der Waals surface area contributed by atoms with Crippen LogP contribution in [0, 0.1) is 0 Å². The first-order valence-electron chi connectivity index (χ1n) is 5.16. The quantitative estimate of drug-likeness (QED) is 0.693. The largest absolute Gasteiger partial charge is 0.471 e.